The molecular formula is C27H26ClFN4O3. The van der Waals surface area contributed by atoms with E-state index < -0.39 is 17.8 Å². The smallest absolute Gasteiger partial charge is 0.318 e. The number of carbonyl (C=O) groups excluding carboxylic acids is 2. The number of nitrogens with one attached hydrogen (secondary N) is 2. The number of nitrogens with zero attached hydrogens (tertiary/aromatic N) is 2. The standard InChI is InChI=1S/C27H26ClFN4O3/c28-21-13-20(9-10-22(21)29)30-26(35)23(12-17-5-2-1-3-6-17)31-27(36)32-14-18-11-19(16-32)24-7-4-8-25(34)33(24)15-18/h1-10,13,18-19,23H,11-12,14-16H2,(H,30,35)(H,31,36)/t18-,19+,23+/m1/s1. The van der Waals surface area contributed by atoms with Crippen LogP contribution in [-0.2, 0) is 17.8 Å². The van der Waals surface area contributed by atoms with Crippen molar-refractivity contribution in [3.8, 4) is 0 Å². The zero-order valence-electron chi connectivity index (χ0n) is 19.5. The van der Waals surface area contributed by atoms with Crippen LogP contribution in [0.4, 0.5) is 14.9 Å². The van der Waals surface area contributed by atoms with Crippen molar-refractivity contribution in [1.82, 2.24) is 14.8 Å². The first-order valence-corrected chi connectivity index (χ1v) is 12.3. The first-order valence-electron chi connectivity index (χ1n) is 11.9. The second-order valence-corrected chi connectivity index (χ2v) is 9.82. The molecule has 0 saturated carbocycles. The summed E-state index contributed by atoms with van der Waals surface area (Å²) in [4.78, 5) is 40.6. The zero-order chi connectivity index (χ0) is 25.2. The van der Waals surface area contributed by atoms with Crippen LogP contribution in [0, 0.1) is 11.7 Å². The Bertz CT molecular complexity index is 1350. The van der Waals surface area contributed by atoms with Crippen LogP contribution >= 0.6 is 11.6 Å². The van der Waals surface area contributed by atoms with Crippen LogP contribution in [0.25, 0.3) is 0 Å². The Hall–Kier alpha value is -3.65. The predicted octanol–water partition coefficient (Wildman–Crippen LogP) is 4.02. The van der Waals surface area contributed by atoms with E-state index in [1.54, 1.807) is 17.0 Å². The van der Waals surface area contributed by atoms with Gasteiger partial charge >= 0.3 is 6.03 Å². The molecule has 1 saturated heterocycles. The molecule has 1 aromatic heterocycles. The van der Waals surface area contributed by atoms with E-state index in [1.165, 1.54) is 18.2 Å². The first kappa shape index (κ1) is 24.1. The fraction of sp³-hybridized carbons (Fsp3) is 0.296. The fourth-order valence-electron chi connectivity index (χ4n) is 5.16. The van der Waals surface area contributed by atoms with Crippen molar-refractivity contribution in [2.75, 3.05) is 18.4 Å². The van der Waals surface area contributed by atoms with Gasteiger partial charge in [0.05, 0.1) is 5.02 Å². The quantitative estimate of drug-likeness (QED) is 0.546. The van der Waals surface area contributed by atoms with E-state index in [9.17, 15) is 18.8 Å². The van der Waals surface area contributed by atoms with Crippen LogP contribution in [0.15, 0.2) is 71.5 Å². The summed E-state index contributed by atoms with van der Waals surface area (Å²) in [5.74, 6) is -0.767. The van der Waals surface area contributed by atoms with Gasteiger partial charge in [-0.2, -0.15) is 0 Å². The predicted molar refractivity (Wildman–Crippen MR) is 136 cm³/mol. The van der Waals surface area contributed by atoms with Crippen molar-refractivity contribution in [2.45, 2.75) is 31.3 Å². The Kier molecular flexibility index (Phi) is 6.78. The number of anilines is 1. The highest BCUT2D eigenvalue weighted by Gasteiger charge is 2.37. The van der Waals surface area contributed by atoms with Crippen LogP contribution in [0.5, 0.6) is 0 Å². The van der Waals surface area contributed by atoms with E-state index in [1.807, 2.05) is 41.0 Å². The Morgan fingerprint density at radius 2 is 1.83 bits per heavy atom. The third-order valence-corrected chi connectivity index (χ3v) is 7.14. The van der Waals surface area contributed by atoms with E-state index in [0.29, 0.717) is 25.3 Å². The number of carbonyl (C=O) groups is 2. The Balaban J connectivity index is 1.33. The summed E-state index contributed by atoms with van der Waals surface area (Å²) in [7, 11) is 0. The molecule has 2 aliphatic heterocycles. The molecule has 3 atom stereocenters. The number of halogens is 2. The summed E-state index contributed by atoms with van der Waals surface area (Å²) in [5, 5.41) is 5.54. The molecule has 3 amide bonds. The number of hydrogen-bond acceptors (Lipinski definition) is 3. The molecule has 2 bridgehead atoms. The van der Waals surface area contributed by atoms with Crippen molar-refractivity contribution in [1.29, 1.82) is 0 Å². The number of aromatic nitrogens is 1. The van der Waals surface area contributed by atoms with Crippen LogP contribution in [0.1, 0.15) is 23.6 Å². The number of urea groups is 1. The summed E-state index contributed by atoms with van der Waals surface area (Å²) in [6.07, 6.45) is 1.21. The van der Waals surface area contributed by atoms with Crippen molar-refractivity contribution < 1.29 is 14.0 Å². The van der Waals surface area contributed by atoms with E-state index in [4.69, 9.17) is 11.6 Å². The van der Waals surface area contributed by atoms with Crippen molar-refractivity contribution in [2.24, 2.45) is 5.92 Å². The Morgan fingerprint density at radius 1 is 1.03 bits per heavy atom. The van der Waals surface area contributed by atoms with Crippen molar-refractivity contribution in [3.05, 3.63) is 99.2 Å². The molecule has 2 aliphatic rings. The minimum Gasteiger partial charge on any atom is -0.326 e. The number of piperidine rings is 1. The molecule has 9 heteroatoms. The van der Waals surface area contributed by atoms with Crippen molar-refractivity contribution >= 4 is 29.2 Å². The molecule has 7 nitrogen and oxygen atoms in total. The van der Waals surface area contributed by atoms with Gasteiger partial charge in [-0.15, -0.1) is 0 Å². The van der Waals surface area contributed by atoms with Gasteiger partial charge in [0.2, 0.25) is 5.91 Å². The fourth-order valence-corrected chi connectivity index (χ4v) is 5.35. The minimum atomic E-state index is -0.861. The molecule has 1 fully saturated rings. The van der Waals surface area contributed by atoms with Gasteiger partial charge in [0.25, 0.3) is 5.56 Å². The summed E-state index contributed by atoms with van der Waals surface area (Å²) < 4.78 is 15.4. The van der Waals surface area contributed by atoms with Gasteiger partial charge in [-0.25, -0.2) is 9.18 Å². The highest BCUT2D eigenvalue weighted by molar-refractivity contribution is 6.31. The largest absolute Gasteiger partial charge is 0.326 e. The lowest BCUT2D eigenvalue weighted by Crippen LogP contribution is -2.55. The lowest BCUT2D eigenvalue weighted by atomic mass is 9.83. The number of benzene rings is 2. The van der Waals surface area contributed by atoms with Crippen LogP contribution in [0.2, 0.25) is 5.02 Å². The molecule has 3 heterocycles. The van der Waals surface area contributed by atoms with E-state index in [2.05, 4.69) is 10.6 Å². The highest BCUT2D eigenvalue weighted by atomic mass is 35.5. The maximum absolute atomic E-state index is 13.5. The van der Waals surface area contributed by atoms with Gasteiger partial charge in [0.1, 0.15) is 11.9 Å². The maximum atomic E-state index is 13.5. The Morgan fingerprint density at radius 3 is 2.61 bits per heavy atom. The minimum absolute atomic E-state index is 0.0133. The molecule has 3 aromatic rings. The number of fused-ring (bicyclic) bond motifs is 4. The molecule has 186 valence electrons. The molecule has 0 aliphatic carbocycles. The topological polar surface area (TPSA) is 83.4 Å². The van der Waals surface area contributed by atoms with Crippen LogP contribution in [-0.4, -0.2) is 40.5 Å². The van der Waals surface area contributed by atoms with Crippen LogP contribution < -0.4 is 16.2 Å². The lowest BCUT2D eigenvalue weighted by Gasteiger charge is -2.43. The lowest BCUT2D eigenvalue weighted by molar-refractivity contribution is -0.118. The van der Waals surface area contributed by atoms with Gasteiger partial charge < -0.3 is 20.1 Å². The third kappa shape index (κ3) is 5.14. The van der Waals surface area contributed by atoms with Gasteiger partial charge in [0, 0.05) is 49.4 Å². The zero-order valence-corrected chi connectivity index (χ0v) is 20.2. The normalized spacial score (nSPS) is 19.2. The summed E-state index contributed by atoms with van der Waals surface area (Å²) in [6, 6.07) is 17.4. The molecule has 0 spiro atoms. The summed E-state index contributed by atoms with van der Waals surface area (Å²) in [6.45, 7) is 1.56. The average molecular weight is 509 g/mol. The second kappa shape index (κ2) is 10.1. The first-order chi connectivity index (χ1) is 17.4. The number of likely N-dealkylation sites (tertiary alicyclic amines) is 1. The van der Waals surface area contributed by atoms with Gasteiger partial charge in [-0.3, -0.25) is 9.59 Å². The van der Waals surface area contributed by atoms with Gasteiger partial charge in [0.15, 0.2) is 0 Å². The van der Waals surface area contributed by atoms with E-state index in [0.717, 1.165) is 17.7 Å². The average Bonchev–Trinajstić information content (AvgIpc) is 2.87. The maximum Gasteiger partial charge on any atom is 0.318 e. The molecule has 5 rings (SSSR count). The van der Waals surface area contributed by atoms with Gasteiger partial charge in [-0.05, 0) is 42.2 Å². The summed E-state index contributed by atoms with van der Waals surface area (Å²) >= 11 is 5.86. The number of hydrogen-bond donors (Lipinski definition) is 2. The SMILES string of the molecule is O=C(Nc1ccc(F)c(Cl)c1)[C@H](Cc1ccccc1)NC(=O)N1C[C@H]2C[C@@H](C1)c1cccc(=O)n1C2. The molecule has 36 heavy (non-hydrogen) atoms. The molecular weight excluding hydrogens is 483 g/mol. The van der Waals surface area contributed by atoms with E-state index >= 15 is 0 Å². The molecule has 2 aromatic carbocycles. The monoisotopic (exact) mass is 508 g/mol. The number of amides is 3. The highest BCUT2D eigenvalue weighted by Crippen LogP contribution is 2.35. The number of pyridine rings is 1. The number of rotatable bonds is 5. The van der Waals surface area contributed by atoms with Crippen molar-refractivity contribution in [3.63, 3.8) is 0 Å². The summed E-state index contributed by atoms with van der Waals surface area (Å²) in [5.41, 5.74) is 2.16. The molecule has 0 radical (unpaired) electrons. The molecule has 2 N–H and O–H groups in total. The Labute approximate surface area is 212 Å². The van der Waals surface area contributed by atoms with E-state index in [-0.39, 0.29) is 34.9 Å². The second-order valence-electron chi connectivity index (χ2n) is 9.41. The third-order valence-electron chi connectivity index (χ3n) is 6.85. The van der Waals surface area contributed by atoms with Gasteiger partial charge in [-0.1, -0.05) is 48.0 Å². The van der Waals surface area contributed by atoms with Crippen LogP contribution in [0.3, 0.4) is 0 Å². The molecule has 0 unspecified atom stereocenters.